The molecule has 1 saturated heterocycles. The van der Waals surface area contributed by atoms with Crippen molar-refractivity contribution in [3.63, 3.8) is 0 Å². The Morgan fingerprint density at radius 3 is 2.68 bits per heavy atom. The molecule has 0 amide bonds. The van der Waals surface area contributed by atoms with E-state index in [0.717, 1.165) is 31.7 Å². The fourth-order valence-corrected chi connectivity index (χ4v) is 2.54. The third-order valence-corrected chi connectivity index (χ3v) is 3.40. The molecule has 2 rings (SSSR count). The van der Waals surface area contributed by atoms with Crippen molar-refractivity contribution < 1.29 is 9.47 Å². The van der Waals surface area contributed by atoms with E-state index in [-0.39, 0.29) is 12.2 Å². The summed E-state index contributed by atoms with van der Waals surface area (Å²) in [7, 11) is 0. The Labute approximate surface area is 116 Å². The largest absolute Gasteiger partial charge is 0.491 e. The first kappa shape index (κ1) is 14.4. The number of ether oxygens (including phenoxy) is 2. The highest BCUT2D eigenvalue weighted by Gasteiger charge is 2.23. The van der Waals surface area contributed by atoms with Gasteiger partial charge in [0, 0.05) is 12.6 Å². The van der Waals surface area contributed by atoms with Crippen molar-refractivity contribution >= 4 is 0 Å². The van der Waals surface area contributed by atoms with Gasteiger partial charge in [0.2, 0.25) is 0 Å². The van der Waals surface area contributed by atoms with Gasteiger partial charge in [-0.1, -0.05) is 19.1 Å². The van der Waals surface area contributed by atoms with Crippen LogP contribution in [0.1, 0.15) is 45.3 Å². The molecule has 0 bridgehead atoms. The van der Waals surface area contributed by atoms with Gasteiger partial charge in [0.1, 0.15) is 5.75 Å². The van der Waals surface area contributed by atoms with E-state index in [1.165, 1.54) is 5.56 Å². The molecule has 1 fully saturated rings. The number of rotatable bonds is 5. The van der Waals surface area contributed by atoms with Gasteiger partial charge in [-0.05, 0) is 50.9 Å². The number of benzene rings is 1. The van der Waals surface area contributed by atoms with Crippen molar-refractivity contribution in [1.82, 2.24) is 5.32 Å². The average molecular weight is 263 g/mol. The minimum Gasteiger partial charge on any atom is -0.491 e. The normalized spacial score (nSPS) is 23.6. The Morgan fingerprint density at radius 1 is 1.32 bits per heavy atom. The van der Waals surface area contributed by atoms with Crippen LogP contribution >= 0.6 is 0 Å². The Bertz CT molecular complexity index is 373. The molecule has 1 heterocycles. The highest BCUT2D eigenvalue weighted by Crippen LogP contribution is 2.29. The van der Waals surface area contributed by atoms with Crippen LogP contribution in [0.2, 0.25) is 0 Å². The number of hydrogen-bond donors (Lipinski definition) is 1. The standard InChI is InChI=1S/C16H25NO2/c1-4-17-14-9-10-18-16(11-14)13-5-7-15(8-6-13)19-12(2)3/h5-8,12,14,16-17H,4,9-11H2,1-3H3. The van der Waals surface area contributed by atoms with Crippen molar-refractivity contribution in [3.05, 3.63) is 29.8 Å². The van der Waals surface area contributed by atoms with Gasteiger partial charge in [-0.25, -0.2) is 0 Å². The van der Waals surface area contributed by atoms with Crippen molar-refractivity contribution in [2.45, 2.75) is 51.9 Å². The second-order valence-electron chi connectivity index (χ2n) is 5.37. The number of nitrogens with one attached hydrogen (secondary N) is 1. The zero-order chi connectivity index (χ0) is 13.7. The van der Waals surface area contributed by atoms with Gasteiger partial charge < -0.3 is 14.8 Å². The van der Waals surface area contributed by atoms with Gasteiger partial charge in [-0.2, -0.15) is 0 Å². The lowest BCUT2D eigenvalue weighted by Crippen LogP contribution is -2.35. The van der Waals surface area contributed by atoms with E-state index in [0.29, 0.717) is 6.04 Å². The van der Waals surface area contributed by atoms with E-state index in [4.69, 9.17) is 9.47 Å². The van der Waals surface area contributed by atoms with Gasteiger partial charge in [-0.15, -0.1) is 0 Å². The molecule has 1 aliphatic rings. The molecule has 19 heavy (non-hydrogen) atoms. The van der Waals surface area contributed by atoms with Crippen LogP contribution in [0.25, 0.3) is 0 Å². The highest BCUT2D eigenvalue weighted by atomic mass is 16.5. The first-order chi connectivity index (χ1) is 9.19. The van der Waals surface area contributed by atoms with Crippen molar-refractivity contribution in [2.75, 3.05) is 13.2 Å². The summed E-state index contributed by atoms with van der Waals surface area (Å²) in [6.07, 6.45) is 2.60. The maximum Gasteiger partial charge on any atom is 0.119 e. The summed E-state index contributed by atoms with van der Waals surface area (Å²) in [4.78, 5) is 0. The molecule has 0 saturated carbocycles. The molecule has 1 aromatic rings. The molecule has 106 valence electrons. The molecular weight excluding hydrogens is 238 g/mol. The fraction of sp³-hybridized carbons (Fsp3) is 0.625. The second-order valence-corrected chi connectivity index (χ2v) is 5.37. The zero-order valence-corrected chi connectivity index (χ0v) is 12.2. The predicted octanol–water partition coefficient (Wildman–Crippen LogP) is 3.30. The lowest BCUT2D eigenvalue weighted by molar-refractivity contribution is 0.000567. The molecule has 2 unspecified atom stereocenters. The highest BCUT2D eigenvalue weighted by molar-refractivity contribution is 5.29. The maximum atomic E-state index is 5.88. The average Bonchev–Trinajstić information content (AvgIpc) is 2.40. The van der Waals surface area contributed by atoms with Gasteiger partial charge in [0.25, 0.3) is 0 Å². The molecule has 0 aromatic heterocycles. The predicted molar refractivity (Wildman–Crippen MR) is 77.6 cm³/mol. The van der Waals surface area contributed by atoms with Crippen LogP contribution in [0.5, 0.6) is 5.75 Å². The summed E-state index contributed by atoms with van der Waals surface area (Å²) in [6.45, 7) is 8.10. The Hall–Kier alpha value is -1.06. The molecule has 0 aliphatic carbocycles. The van der Waals surface area contributed by atoms with E-state index in [9.17, 15) is 0 Å². The van der Waals surface area contributed by atoms with E-state index < -0.39 is 0 Å². The Kier molecular flexibility index (Phi) is 5.23. The minimum atomic E-state index is 0.214. The molecule has 0 radical (unpaired) electrons. The zero-order valence-electron chi connectivity index (χ0n) is 12.2. The molecule has 2 atom stereocenters. The van der Waals surface area contributed by atoms with Crippen LogP contribution in [-0.4, -0.2) is 25.3 Å². The van der Waals surface area contributed by atoms with Crippen LogP contribution in [0, 0.1) is 0 Å². The number of hydrogen-bond acceptors (Lipinski definition) is 3. The molecule has 1 N–H and O–H groups in total. The maximum absolute atomic E-state index is 5.88. The van der Waals surface area contributed by atoms with Crippen LogP contribution in [0.4, 0.5) is 0 Å². The van der Waals surface area contributed by atoms with Gasteiger partial charge in [0.05, 0.1) is 12.2 Å². The van der Waals surface area contributed by atoms with E-state index in [2.05, 4.69) is 24.4 Å². The van der Waals surface area contributed by atoms with Gasteiger partial charge in [0.15, 0.2) is 0 Å². The quantitative estimate of drug-likeness (QED) is 0.884. The van der Waals surface area contributed by atoms with Crippen LogP contribution in [0.15, 0.2) is 24.3 Å². The monoisotopic (exact) mass is 263 g/mol. The van der Waals surface area contributed by atoms with Gasteiger partial charge >= 0.3 is 0 Å². The molecular formula is C16H25NO2. The molecule has 0 spiro atoms. The van der Waals surface area contributed by atoms with Crippen molar-refractivity contribution in [2.24, 2.45) is 0 Å². The summed E-state index contributed by atoms with van der Waals surface area (Å²) < 4.78 is 11.5. The van der Waals surface area contributed by atoms with E-state index in [1.807, 2.05) is 26.0 Å². The first-order valence-corrected chi connectivity index (χ1v) is 7.30. The second kappa shape index (κ2) is 6.92. The summed E-state index contributed by atoms with van der Waals surface area (Å²) in [5, 5.41) is 3.52. The van der Waals surface area contributed by atoms with Gasteiger partial charge in [-0.3, -0.25) is 0 Å². The molecule has 3 nitrogen and oxygen atoms in total. The fourth-order valence-electron chi connectivity index (χ4n) is 2.54. The topological polar surface area (TPSA) is 30.5 Å². The van der Waals surface area contributed by atoms with Crippen LogP contribution in [0.3, 0.4) is 0 Å². The smallest absolute Gasteiger partial charge is 0.119 e. The minimum absolute atomic E-state index is 0.214. The molecule has 1 aliphatic heterocycles. The SMILES string of the molecule is CCNC1CCOC(c2ccc(OC(C)C)cc2)C1. The summed E-state index contributed by atoms with van der Waals surface area (Å²) in [6, 6.07) is 8.90. The third-order valence-electron chi connectivity index (χ3n) is 3.40. The first-order valence-electron chi connectivity index (χ1n) is 7.30. The Morgan fingerprint density at radius 2 is 2.05 bits per heavy atom. The summed E-state index contributed by atoms with van der Waals surface area (Å²) in [5.74, 6) is 0.929. The third kappa shape index (κ3) is 4.22. The van der Waals surface area contributed by atoms with Crippen LogP contribution < -0.4 is 10.1 Å². The molecule has 1 aromatic carbocycles. The molecule has 3 heteroatoms. The lowest BCUT2D eigenvalue weighted by atomic mass is 9.97. The summed E-state index contributed by atoms with van der Waals surface area (Å²) >= 11 is 0. The summed E-state index contributed by atoms with van der Waals surface area (Å²) in [5.41, 5.74) is 1.25. The van der Waals surface area contributed by atoms with E-state index >= 15 is 0 Å². The Balaban J connectivity index is 1.97. The van der Waals surface area contributed by atoms with Crippen molar-refractivity contribution in [3.8, 4) is 5.75 Å². The lowest BCUT2D eigenvalue weighted by Gasteiger charge is -2.30. The van der Waals surface area contributed by atoms with Crippen LogP contribution in [-0.2, 0) is 4.74 Å². The van der Waals surface area contributed by atoms with Crippen molar-refractivity contribution in [1.29, 1.82) is 0 Å². The van der Waals surface area contributed by atoms with E-state index in [1.54, 1.807) is 0 Å².